The molecule has 1 aliphatic heterocycles. The van der Waals surface area contributed by atoms with Crippen LogP contribution in [0.15, 0.2) is 49.2 Å². The van der Waals surface area contributed by atoms with Crippen LogP contribution in [0.4, 0.5) is 5.69 Å². The number of fused-ring (bicyclic) bond motifs is 1. The Labute approximate surface area is 190 Å². The average molecular weight is 438 g/mol. The van der Waals surface area contributed by atoms with E-state index in [0.29, 0.717) is 17.7 Å². The molecule has 9 heteroatoms. The van der Waals surface area contributed by atoms with Crippen molar-refractivity contribution in [2.24, 2.45) is 5.92 Å². The number of hydrogen-bond acceptors (Lipinski definition) is 7. The van der Waals surface area contributed by atoms with Crippen LogP contribution in [-0.4, -0.2) is 44.9 Å². The Hall–Kier alpha value is -4.37. The average Bonchev–Trinajstić information content (AvgIpc) is 3.62. The van der Waals surface area contributed by atoms with E-state index in [1.807, 2.05) is 35.3 Å². The molecule has 33 heavy (non-hydrogen) atoms. The van der Waals surface area contributed by atoms with E-state index in [9.17, 15) is 10.5 Å². The zero-order valence-corrected chi connectivity index (χ0v) is 18.1. The van der Waals surface area contributed by atoms with Gasteiger partial charge in [-0.2, -0.15) is 15.6 Å². The molecule has 9 nitrogen and oxygen atoms in total. The van der Waals surface area contributed by atoms with Gasteiger partial charge < -0.3 is 14.6 Å². The lowest BCUT2D eigenvalue weighted by Gasteiger charge is -2.24. The molecule has 3 aromatic heterocycles. The molecule has 1 aromatic carbocycles. The summed E-state index contributed by atoms with van der Waals surface area (Å²) in [6, 6.07) is 12.1. The zero-order chi connectivity index (χ0) is 22.8. The van der Waals surface area contributed by atoms with Gasteiger partial charge in [-0.15, -0.1) is 0 Å². The first-order valence-electron chi connectivity index (χ1n) is 10.7. The summed E-state index contributed by atoms with van der Waals surface area (Å²) in [5.74, 6) is 0.789. The lowest BCUT2D eigenvalue weighted by molar-refractivity contribution is 0.332. The van der Waals surface area contributed by atoms with E-state index >= 15 is 0 Å². The van der Waals surface area contributed by atoms with Crippen molar-refractivity contribution in [3.8, 4) is 29.1 Å². The smallest absolute Gasteiger partial charge is 0.141 e. The summed E-state index contributed by atoms with van der Waals surface area (Å²) in [7, 11) is 1.57. The number of methoxy groups -OCH3 is 1. The standard InChI is InChI=1S/C24H22N8O/c1-33-22-4-2-3-21(19(22)11-26)31-10-7-16(13-31)20(5-8-25)32-14-17(12-30-32)23-18-6-9-27-24(18)29-15-28-23/h2-4,6,9,12,14-16,20H,5,7,10,13H2,1H3,(H,27,28,29). The molecule has 164 valence electrons. The molecule has 2 atom stereocenters. The van der Waals surface area contributed by atoms with Crippen molar-refractivity contribution in [2.75, 3.05) is 25.1 Å². The first-order chi connectivity index (χ1) is 16.2. The quantitative estimate of drug-likeness (QED) is 0.487. The molecule has 0 amide bonds. The number of aromatic amines is 1. The van der Waals surface area contributed by atoms with Crippen molar-refractivity contribution in [1.29, 1.82) is 10.5 Å². The van der Waals surface area contributed by atoms with Gasteiger partial charge in [0.1, 0.15) is 29.4 Å². The van der Waals surface area contributed by atoms with E-state index in [4.69, 9.17) is 4.74 Å². The van der Waals surface area contributed by atoms with Crippen molar-refractivity contribution in [3.63, 3.8) is 0 Å². The third-order valence-corrected chi connectivity index (χ3v) is 6.31. The van der Waals surface area contributed by atoms with Crippen LogP contribution < -0.4 is 9.64 Å². The Kier molecular flexibility index (Phi) is 5.37. The summed E-state index contributed by atoms with van der Waals surface area (Å²) in [6.45, 7) is 1.54. The van der Waals surface area contributed by atoms with E-state index in [0.717, 1.165) is 47.5 Å². The van der Waals surface area contributed by atoms with E-state index in [1.54, 1.807) is 19.4 Å². The highest BCUT2D eigenvalue weighted by atomic mass is 16.5. The minimum Gasteiger partial charge on any atom is -0.495 e. The van der Waals surface area contributed by atoms with Gasteiger partial charge in [0, 0.05) is 42.4 Å². The lowest BCUT2D eigenvalue weighted by atomic mass is 9.96. The molecule has 0 aliphatic carbocycles. The van der Waals surface area contributed by atoms with Gasteiger partial charge in [-0.05, 0) is 24.6 Å². The first kappa shape index (κ1) is 20.5. The van der Waals surface area contributed by atoms with Crippen molar-refractivity contribution in [1.82, 2.24) is 24.7 Å². The van der Waals surface area contributed by atoms with Gasteiger partial charge in [0.2, 0.25) is 0 Å². The Morgan fingerprint density at radius 1 is 1.27 bits per heavy atom. The van der Waals surface area contributed by atoms with Crippen LogP contribution in [0.1, 0.15) is 24.4 Å². The van der Waals surface area contributed by atoms with Crippen molar-refractivity contribution in [2.45, 2.75) is 18.9 Å². The molecule has 0 spiro atoms. The maximum Gasteiger partial charge on any atom is 0.141 e. The van der Waals surface area contributed by atoms with Gasteiger partial charge in [-0.1, -0.05) is 6.07 Å². The third-order valence-electron chi connectivity index (χ3n) is 6.31. The molecule has 1 N–H and O–H groups in total. The van der Waals surface area contributed by atoms with Crippen LogP contribution in [0.3, 0.4) is 0 Å². The largest absolute Gasteiger partial charge is 0.495 e. The van der Waals surface area contributed by atoms with Crippen LogP contribution in [0, 0.1) is 28.6 Å². The summed E-state index contributed by atoms with van der Waals surface area (Å²) < 4.78 is 7.26. The maximum absolute atomic E-state index is 9.67. The second kappa shape index (κ2) is 8.64. The molecule has 0 saturated carbocycles. The topological polar surface area (TPSA) is 119 Å². The number of benzene rings is 1. The van der Waals surface area contributed by atoms with Gasteiger partial charge in [-0.3, -0.25) is 4.68 Å². The molecule has 0 radical (unpaired) electrons. The SMILES string of the molecule is COc1cccc(N2CCC(C(CC#N)n3cc(-c4ncnc5[nH]ccc45)cn3)C2)c1C#N. The molecule has 0 bridgehead atoms. The minimum atomic E-state index is -0.0755. The number of rotatable bonds is 6. The number of aromatic nitrogens is 5. The van der Waals surface area contributed by atoms with Crippen molar-refractivity contribution in [3.05, 3.63) is 54.7 Å². The molecule has 4 aromatic rings. The predicted octanol–water partition coefficient (Wildman–Crippen LogP) is 3.68. The van der Waals surface area contributed by atoms with Crippen molar-refractivity contribution < 1.29 is 4.74 Å². The summed E-state index contributed by atoms with van der Waals surface area (Å²) in [5.41, 5.74) is 3.88. The number of nitrogens with zero attached hydrogens (tertiary/aromatic N) is 7. The second-order valence-electron chi connectivity index (χ2n) is 8.06. The van der Waals surface area contributed by atoms with E-state index in [1.165, 1.54) is 6.33 Å². The third kappa shape index (κ3) is 3.64. The Morgan fingerprint density at radius 3 is 3.00 bits per heavy atom. The number of nitriles is 2. The number of anilines is 1. The van der Waals surface area contributed by atoms with Crippen LogP contribution in [0.2, 0.25) is 0 Å². The summed E-state index contributed by atoms with van der Waals surface area (Å²) in [4.78, 5) is 14.0. The fourth-order valence-electron chi connectivity index (χ4n) is 4.70. The first-order valence-corrected chi connectivity index (χ1v) is 10.7. The fourth-order valence-corrected chi connectivity index (χ4v) is 4.70. The molecule has 1 saturated heterocycles. The van der Waals surface area contributed by atoms with Gasteiger partial charge in [0.05, 0.1) is 43.2 Å². The molecule has 4 heterocycles. The summed E-state index contributed by atoms with van der Waals surface area (Å²) >= 11 is 0. The van der Waals surface area contributed by atoms with Crippen LogP contribution in [-0.2, 0) is 0 Å². The molecule has 2 unspecified atom stereocenters. The zero-order valence-electron chi connectivity index (χ0n) is 18.1. The number of nitrogens with one attached hydrogen (secondary N) is 1. The Bertz CT molecular complexity index is 1380. The summed E-state index contributed by atoms with van der Waals surface area (Å²) in [6.07, 6.45) is 8.39. The highest BCUT2D eigenvalue weighted by molar-refractivity contribution is 5.90. The Morgan fingerprint density at radius 2 is 2.18 bits per heavy atom. The molecule has 5 rings (SSSR count). The van der Waals surface area contributed by atoms with Crippen LogP contribution in [0.5, 0.6) is 5.75 Å². The second-order valence-corrected chi connectivity index (χ2v) is 8.06. The van der Waals surface area contributed by atoms with Crippen LogP contribution in [0.25, 0.3) is 22.3 Å². The molecule has 1 aliphatic rings. The van der Waals surface area contributed by atoms with Crippen molar-refractivity contribution >= 4 is 16.7 Å². The molecular formula is C24H22N8O. The molecule has 1 fully saturated rings. The van der Waals surface area contributed by atoms with E-state index < -0.39 is 0 Å². The monoisotopic (exact) mass is 438 g/mol. The summed E-state index contributed by atoms with van der Waals surface area (Å²) in [5, 5.41) is 24.8. The number of ether oxygens (including phenoxy) is 1. The van der Waals surface area contributed by atoms with Gasteiger partial charge >= 0.3 is 0 Å². The normalized spacial score (nSPS) is 16.5. The van der Waals surface area contributed by atoms with Crippen LogP contribution >= 0.6 is 0 Å². The number of H-pyrrole nitrogens is 1. The molecular weight excluding hydrogens is 416 g/mol. The maximum atomic E-state index is 9.67. The Balaban J connectivity index is 1.42. The fraction of sp³-hybridized carbons (Fsp3) is 0.292. The van der Waals surface area contributed by atoms with Gasteiger partial charge in [0.15, 0.2) is 0 Å². The van der Waals surface area contributed by atoms with Gasteiger partial charge in [-0.25, -0.2) is 9.97 Å². The predicted molar refractivity (Wildman–Crippen MR) is 122 cm³/mol. The highest BCUT2D eigenvalue weighted by Crippen LogP contribution is 2.37. The van der Waals surface area contributed by atoms with Gasteiger partial charge in [0.25, 0.3) is 0 Å². The highest BCUT2D eigenvalue weighted by Gasteiger charge is 2.32. The van der Waals surface area contributed by atoms with E-state index in [-0.39, 0.29) is 12.0 Å². The number of hydrogen-bond donors (Lipinski definition) is 1. The lowest BCUT2D eigenvalue weighted by Crippen LogP contribution is -2.25. The minimum absolute atomic E-state index is 0.0755. The van der Waals surface area contributed by atoms with E-state index in [2.05, 4.69) is 37.1 Å².